The number of fused-ring (bicyclic) bond motifs is 2. The summed E-state index contributed by atoms with van der Waals surface area (Å²) in [6.45, 7) is 5.49. The topological polar surface area (TPSA) is 89.7 Å². The van der Waals surface area contributed by atoms with Crippen LogP contribution in [0.2, 0.25) is 0 Å². The van der Waals surface area contributed by atoms with Gasteiger partial charge in [-0.05, 0) is 48.4 Å². The Morgan fingerprint density at radius 2 is 1.86 bits per heavy atom. The molecule has 0 spiro atoms. The van der Waals surface area contributed by atoms with Crippen LogP contribution in [0.25, 0.3) is 16.9 Å². The van der Waals surface area contributed by atoms with Gasteiger partial charge in [0.15, 0.2) is 17.3 Å². The van der Waals surface area contributed by atoms with E-state index >= 15 is 4.39 Å². The van der Waals surface area contributed by atoms with E-state index in [1.807, 2.05) is 39.0 Å². The second kappa shape index (κ2) is 8.94. The van der Waals surface area contributed by atoms with E-state index in [-0.39, 0.29) is 17.0 Å². The summed E-state index contributed by atoms with van der Waals surface area (Å²) in [6, 6.07) is 8.36. The summed E-state index contributed by atoms with van der Waals surface area (Å²) in [7, 11) is 0. The van der Waals surface area contributed by atoms with Crippen molar-refractivity contribution >= 4 is 22.7 Å². The Morgan fingerprint density at radius 1 is 1.08 bits per heavy atom. The molecular formula is C25H25F4N7O. The molecule has 0 amide bonds. The number of alkyl halides is 3. The Labute approximate surface area is 209 Å². The van der Waals surface area contributed by atoms with E-state index in [4.69, 9.17) is 0 Å². The van der Waals surface area contributed by atoms with Crippen molar-refractivity contribution in [3.63, 3.8) is 0 Å². The fourth-order valence-electron chi connectivity index (χ4n) is 4.30. The largest absolute Gasteiger partial charge is 0.408 e. The number of benzene rings is 1. The average molecular weight is 516 g/mol. The molecule has 1 aromatic carbocycles. The second-order valence-electron chi connectivity index (χ2n) is 10.0. The highest BCUT2D eigenvalue weighted by Gasteiger charge is 2.33. The molecule has 1 aliphatic rings. The van der Waals surface area contributed by atoms with Crippen molar-refractivity contribution in [1.82, 2.24) is 29.6 Å². The van der Waals surface area contributed by atoms with Crippen LogP contribution in [0.15, 0.2) is 41.3 Å². The molecule has 3 aromatic heterocycles. The predicted octanol–water partition coefficient (Wildman–Crippen LogP) is 4.37. The molecule has 37 heavy (non-hydrogen) atoms. The lowest BCUT2D eigenvalue weighted by Crippen LogP contribution is -2.31. The summed E-state index contributed by atoms with van der Waals surface area (Å²) in [5, 5.41) is 6.16. The van der Waals surface area contributed by atoms with E-state index in [1.165, 1.54) is 11.6 Å². The highest BCUT2D eigenvalue weighted by Crippen LogP contribution is 2.27. The van der Waals surface area contributed by atoms with Crippen LogP contribution in [-0.4, -0.2) is 37.0 Å². The lowest BCUT2D eigenvalue weighted by molar-refractivity contribution is -0.144. The quantitative estimate of drug-likeness (QED) is 0.393. The first kappa shape index (κ1) is 24.9. The van der Waals surface area contributed by atoms with E-state index in [0.717, 1.165) is 42.0 Å². The fraction of sp³-hybridized carbons (Fsp3) is 0.360. The molecule has 194 valence electrons. The highest BCUT2D eigenvalue weighted by molar-refractivity contribution is 5.77. The number of hydrogen-bond acceptors (Lipinski definition) is 6. The van der Waals surface area contributed by atoms with Crippen LogP contribution in [0, 0.1) is 5.82 Å². The van der Waals surface area contributed by atoms with Gasteiger partial charge in [-0.25, -0.2) is 23.7 Å². The van der Waals surface area contributed by atoms with Crippen LogP contribution < -0.4 is 16.2 Å². The van der Waals surface area contributed by atoms with Crippen molar-refractivity contribution in [2.75, 3.05) is 11.9 Å². The van der Waals surface area contributed by atoms with Crippen molar-refractivity contribution in [3.8, 4) is 5.82 Å². The van der Waals surface area contributed by atoms with Gasteiger partial charge in [0.1, 0.15) is 11.9 Å². The molecule has 0 saturated carbocycles. The standard InChI is InChI=1S/C25H25F4N7O/c1-24(2,3)19-7-6-18(26)21(33-19)36-20-17(22(37)35(36)13-25(27,28)29)12-31-23(34-20)32-16-5-4-15-11-30-9-8-14(15)10-16/h4-7,10,12,30H,8-9,11,13H2,1-3H3,(H,31,32,34). The summed E-state index contributed by atoms with van der Waals surface area (Å²) in [5.41, 5.74) is 1.74. The van der Waals surface area contributed by atoms with Crippen molar-refractivity contribution < 1.29 is 17.6 Å². The molecule has 0 atom stereocenters. The SMILES string of the molecule is CC(C)(C)c1ccc(F)c(-n2c3nc(Nc4ccc5c(c4)CCNC5)ncc3c(=O)n2CC(F)(F)F)n1. The number of pyridine rings is 1. The summed E-state index contributed by atoms with van der Waals surface area (Å²) < 4.78 is 56.7. The van der Waals surface area contributed by atoms with Gasteiger partial charge >= 0.3 is 6.18 Å². The molecule has 12 heteroatoms. The minimum atomic E-state index is -4.75. The summed E-state index contributed by atoms with van der Waals surface area (Å²) in [4.78, 5) is 25.8. The van der Waals surface area contributed by atoms with Crippen LogP contribution in [0.5, 0.6) is 0 Å². The van der Waals surface area contributed by atoms with Gasteiger partial charge < -0.3 is 10.6 Å². The van der Waals surface area contributed by atoms with Gasteiger partial charge in [0, 0.05) is 29.5 Å². The minimum absolute atomic E-state index is 0.0478. The van der Waals surface area contributed by atoms with Crippen LogP contribution >= 0.6 is 0 Å². The average Bonchev–Trinajstić information content (AvgIpc) is 3.08. The fourth-order valence-corrected chi connectivity index (χ4v) is 4.30. The molecule has 8 nitrogen and oxygen atoms in total. The first-order valence-corrected chi connectivity index (χ1v) is 11.7. The first-order valence-electron chi connectivity index (χ1n) is 11.7. The monoisotopic (exact) mass is 515 g/mol. The highest BCUT2D eigenvalue weighted by atomic mass is 19.4. The Bertz CT molecular complexity index is 1550. The predicted molar refractivity (Wildman–Crippen MR) is 131 cm³/mol. The van der Waals surface area contributed by atoms with Gasteiger partial charge in [-0.2, -0.15) is 18.2 Å². The number of nitrogens with one attached hydrogen (secondary N) is 2. The van der Waals surface area contributed by atoms with Gasteiger partial charge in [0.25, 0.3) is 5.56 Å². The van der Waals surface area contributed by atoms with Gasteiger partial charge in [0.05, 0.1) is 0 Å². The molecule has 0 unspecified atom stereocenters. The number of halogens is 4. The van der Waals surface area contributed by atoms with Crippen LogP contribution in [0.4, 0.5) is 29.2 Å². The molecule has 5 rings (SSSR count). The maximum Gasteiger partial charge on any atom is 0.408 e. The van der Waals surface area contributed by atoms with Gasteiger partial charge in [-0.1, -0.05) is 26.8 Å². The Hall–Kier alpha value is -3.80. The number of hydrogen-bond donors (Lipinski definition) is 2. The van der Waals surface area contributed by atoms with Crippen LogP contribution in [0.3, 0.4) is 0 Å². The molecule has 0 bridgehead atoms. The van der Waals surface area contributed by atoms with Crippen LogP contribution in [-0.2, 0) is 24.9 Å². The summed E-state index contributed by atoms with van der Waals surface area (Å²) in [6.07, 6.45) is -2.76. The maximum absolute atomic E-state index is 15.1. The molecule has 0 saturated heterocycles. The normalized spacial score (nSPS) is 14.1. The van der Waals surface area contributed by atoms with Gasteiger partial charge in [0.2, 0.25) is 5.95 Å². The Morgan fingerprint density at radius 3 is 2.59 bits per heavy atom. The molecule has 1 aliphatic heterocycles. The first-order chi connectivity index (χ1) is 17.4. The van der Waals surface area contributed by atoms with E-state index < -0.39 is 35.3 Å². The van der Waals surface area contributed by atoms with E-state index in [2.05, 4.69) is 25.6 Å². The van der Waals surface area contributed by atoms with Crippen molar-refractivity contribution in [1.29, 1.82) is 0 Å². The van der Waals surface area contributed by atoms with E-state index in [0.29, 0.717) is 16.1 Å². The Balaban J connectivity index is 1.67. The molecular weight excluding hydrogens is 490 g/mol. The second-order valence-corrected chi connectivity index (χ2v) is 10.0. The van der Waals surface area contributed by atoms with Gasteiger partial charge in [-0.15, -0.1) is 0 Å². The molecule has 0 aliphatic carbocycles. The number of nitrogens with zero attached hydrogens (tertiary/aromatic N) is 5. The van der Waals surface area contributed by atoms with Crippen molar-refractivity contribution in [2.24, 2.45) is 0 Å². The number of aromatic nitrogens is 5. The molecule has 0 fully saturated rings. The third-order valence-electron chi connectivity index (χ3n) is 6.15. The number of rotatable bonds is 4. The lowest BCUT2D eigenvalue weighted by atomic mass is 9.92. The molecule has 2 N–H and O–H groups in total. The zero-order chi connectivity index (χ0) is 26.5. The smallest absolute Gasteiger partial charge is 0.324 e. The third kappa shape index (κ3) is 4.93. The zero-order valence-electron chi connectivity index (χ0n) is 20.4. The summed E-state index contributed by atoms with van der Waals surface area (Å²) in [5.74, 6) is -1.29. The van der Waals surface area contributed by atoms with Gasteiger partial charge in [-0.3, -0.25) is 4.79 Å². The molecule has 4 heterocycles. The van der Waals surface area contributed by atoms with E-state index in [1.54, 1.807) is 0 Å². The minimum Gasteiger partial charge on any atom is -0.324 e. The van der Waals surface area contributed by atoms with E-state index in [9.17, 15) is 18.0 Å². The molecule has 4 aromatic rings. The number of anilines is 2. The summed E-state index contributed by atoms with van der Waals surface area (Å²) >= 11 is 0. The maximum atomic E-state index is 15.1. The van der Waals surface area contributed by atoms with Crippen LogP contribution in [0.1, 0.15) is 37.6 Å². The lowest BCUT2D eigenvalue weighted by Gasteiger charge is -2.20. The van der Waals surface area contributed by atoms with Crippen molar-refractivity contribution in [3.05, 3.63) is 69.5 Å². The molecule has 0 radical (unpaired) electrons. The third-order valence-corrected chi connectivity index (χ3v) is 6.15. The Kier molecular flexibility index (Phi) is 6.01. The van der Waals surface area contributed by atoms with Crippen molar-refractivity contribution in [2.45, 2.75) is 51.9 Å². The zero-order valence-corrected chi connectivity index (χ0v) is 20.4.